The van der Waals surface area contributed by atoms with Crippen LogP contribution in [0.5, 0.6) is 0 Å². The average Bonchev–Trinajstić information content (AvgIpc) is 2.62. The number of hydrogen-bond acceptors (Lipinski definition) is 4. The summed E-state index contributed by atoms with van der Waals surface area (Å²) in [6, 6.07) is 6.50. The van der Waals surface area contributed by atoms with E-state index in [0.29, 0.717) is 5.56 Å². The molecule has 0 aliphatic carbocycles. The molecule has 2 heterocycles. The number of aromatic nitrogens is 2. The average molecular weight is 314 g/mol. The third-order valence-corrected chi connectivity index (χ3v) is 4.15. The quantitative estimate of drug-likeness (QED) is 0.939. The van der Waals surface area contributed by atoms with Crippen molar-refractivity contribution in [3.05, 3.63) is 54.2 Å². The van der Waals surface area contributed by atoms with Gasteiger partial charge in [0, 0.05) is 43.5 Å². The van der Waals surface area contributed by atoms with Gasteiger partial charge < -0.3 is 10.2 Å². The number of halogens is 1. The number of rotatable bonds is 4. The van der Waals surface area contributed by atoms with Crippen LogP contribution in [-0.2, 0) is 11.3 Å². The second kappa shape index (κ2) is 7.17. The van der Waals surface area contributed by atoms with E-state index < -0.39 is 0 Å². The standard InChI is InChI=1S/C17H19FN4O/c18-15-4-2-1-3-14(15)11-21-17(23)13-5-9-22(10-6-13)16-12-19-7-8-20-16/h1-4,7-8,12-13H,5-6,9-11H2,(H,21,23). The van der Waals surface area contributed by atoms with Gasteiger partial charge in [-0.1, -0.05) is 18.2 Å². The van der Waals surface area contributed by atoms with Crippen molar-refractivity contribution in [2.45, 2.75) is 19.4 Å². The van der Waals surface area contributed by atoms with Gasteiger partial charge in [-0.05, 0) is 18.9 Å². The van der Waals surface area contributed by atoms with Crippen molar-refractivity contribution < 1.29 is 9.18 Å². The minimum absolute atomic E-state index is 0.00736. The fourth-order valence-corrected chi connectivity index (χ4v) is 2.79. The first-order valence-electron chi connectivity index (χ1n) is 7.76. The van der Waals surface area contributed by atoms with Crippen LogP contribution in [0.1, 0.15) is 18.4 Å². The Labute approximate surface area is 134 Å². The summed E-state index contributed by atoms with van der Waals surface area (Å²) in [5, 5.41) is 2.84. The molecule has 120 valence electrons. The Kier molecular flexibility index (Phi) is 4.80. The lowest BCUT2D eigenvalue weighted by Gasteiger charge is -2.31. The van der Waals surface area contributed by atoms with Gasteiger partial charge in [0.05, 0.1) is 6.20 Å². The Hall–Kier alpha value is -2.50. The fraction of sp³-hybridized carbons (Fsp3) is 0.353. The molecule has 1 fully saturated rings. The molecule has 1 aliphatic rings. The monoisotopic (exact) mass is 314 g/mol. The van der Waals surface area contributed by atoms with Crippen LogP contribution in [0.25, 0.3) is 0 Å². The zero-order chi connectivity index (χ0) is 16.1. The minimum atomic E-state index is -0.287. The van der Waals surface area contributed by atoms with Crippen LogP contribution in [0.3, 0.4) is 0 Å². The molecule has 1 amide bonds. The third-order valence-electron chi connectivity index (χ3n) is 4.15. The van der Waals surface area contributed by atoms with Gasteiger partial charge in [0.15, 0.2) is 0 Å². The fourth-order valence-electron chi connectivity index (χ4n) is 2.79. The number of piperidine rings is 1. The maximum atomic E-state index is 13.6. The van der Waals surface area contributed by atoms with E-state index >= 15 is 0 Å². The molecule has 0 atom stereocenters. The van der Waals surface area contributed by atoms with Crippen molar-refractivity contribution in [3.8, 4) is 0 Å². The van der Waals surface area contributed by atoms with Gasteiger partial charge in [0.25, 0.3) is 0 Å². The highest BCUT2D eigenvalue weighted by Crippen LogP contribution is 2.21. The summed E-state index contributed by atoms with van der Waals surface area (Å²) < 4.78 is 13.6. The molecule has 23 heavy (non-hydrogen) atoms. The van der Waals surface area contributed by atoms with Gasteiger partial charge in [0.1, 0.15) is 11.6 Å². The number of benzene rings is 1. The minimum Gasteiger partial charge on any atom is -0.355 e. The normalized spacial score (nSPS) is 15.4. The summed E-state index contributed by atoms with van der Waals surface area (Å²) in [6.07, 6.45) is 6.58. The lowest BCUT2D eigenvalue weighted by molar-refractivity contribution is -0.125. The number of nitrogens with one attached hydrogen (secondary N) is 1. The van der Waals surface area contributed by atoms with Crippen LogP contribution < -0.4 is 10.2 Å². The Morgan fingerprint density at radius 2 is 2.04 bits per heavy atom. The SMILES string of the molecule is O=C(NCc1ccccc1F)C1CCN(c2cnccn2)CC1. The number of carbonyl (C=O) groups is 1. The van der Waals surface area contributed by atoms with Crippen LogP contribution in [0.2, 0.25) is 0 Å². The highest BCUT2D eigenvalue weighted by atomic mass is 19.1. The van der Waals surface area contributed by atoms with E-state index in [-0.39, 0.29) is 24.2 Å². The second-order valence-corrected chi connectivity index (χ2v) is 5.63. The Balaban J connectivity index is 1.50. The lowest BCUT2D eigenvalue weighted by Crippen LogP contribution is -2.40. The maximum absolute atomic E-state index is 13.6. The van der Waals surface area contributed by atoms with Crippen molar-refractivity contribution in [2.75, 3.05) is 18.0 Å². The van der Waals surface area contributed by atoms with E-state index in [1.165, 1.54) is 6.07 Å². The van der Waals surface area contributed by atoms with Crippen LogP contribution in [0, 0.1) is 11.7 Å². The van der Waals surface area contributed by atoms with Crippen molar-refractivity contribution in [1.82, 2.24) is 15.3 Å². The molecule has 0 spiro atoms. The van der Waals surface area contributed by atoms with Gasteiger partial charge in [-0.2, -0.15) is 0 Å². The molecule has 0 bridgehead atoms. The molecule has 3 rings (SSSR count). The zero-order valence-corrected chi connectivity index (χ0v) is 12.8. The summed E-state index contributed by atoms with van der Waals surface area (Å²) in [5.41, 5.74) is 0.512. The molecular weight excluding hydrogens is 295 g/mol. The third kappa shape index (κ3) is 3.83. The second-order valence-electron chi connectivity index (χ2n) is 5.63. The first kappa shape index (κ1) is 15.4. The van der Waals surface area contributed by atoms with E-state index in [9.17, 15) is 9.18 Å². The van der Waals surface area contributed by atoms with Crippen molar-refractivity contribution in [3.63, 3.8) is 0 Å². The molecule has 1 aromatic heterocycles. The van der Waals surface area contributed by atoms with Crippen LogP contribution >= 0.6 is 0 Å². The van der Waals surface area contributed by atoms with Crippen molar-refractivity contribution in [2.24, 2.45) is 5.92 Å². The topological polar surface area (TPSA) is 58.1 Å². The summed E-state index contributed by atoms with van der Waals surface area (Å²) >= 11 is 0. The Morgan fingerprint density at radius 1 is 1.26 bits per heavy atom. The Morgan fingerprint density at radius 3 is 2.74 bits per heavy atom. The number of hydrogen-bond donors (Lipinski definition) is 1. The number of anilines is 1. The Bertz CT molecular complexity index is 657. The van der Waals surface area contributed by atoms with Crippen molar-refractivity contribution >= 4 is 11.7 Å². The predicted molar refractivity (Wildman–Crippen MR) is 85.2 cm³/mol. The van der Waals surface area contributed by atoms with Gasteiger partial charge in [0.2, 0.25) is 5.91 Å². The highest BCUT2D eigenvalue weighted by Gasteiger charge is 2.25. The largest absolute Gasteiger partial charge is 0.355 e. The lowest BCUT2D eigenvalue weighted by atomic mass is 9.96. The molecular formula is C17H19FN4O. The van der Waals surface area contributed by atoms with E-state index in [1.807, 2.05) is 0 Å². The maximum Gasteiger partial charge on any atom is 0.223 e. The van der Waals surface area contributed by atoms with Crippen LogP contribution in [-0.4, -0.2) is 29.0 Å². The summed E-state index contributed by atoms with van der Waals surface area (Å²) in [4.78, 5) is 22.7. The zero-order valence-electron chi connectivity index (χ0n) is 12.8. The molecule has 0 radical (unpaired) electrons. The summed E-state index contributed by atoms with van der Waals surface area (Å²) in [6.45, 7) is 1.78. The molecule has 2 aromatic rings. The number of nitrogens with zero attached hydrogens (tertiary/aromatic N) is 3. The smallest absolute Gasteiger partial charge is 0.223 e. The van der Waals surface area contributed by atoms with Gasteiger partial charge in [-0.25, -0.2) is 9.37 Å². The summed E-state index contributed by atoms with van der Waals surface area (Å²) in [5.74, 6) is 0.518. The number of amides is 1. The molecule has 0 unspecified atom stereocenters. The van der Waals surface area contributed by atoms with Crippen LogP contribution in [0.15, 0.2) is 42.9 Å². The van der Waals surface area contributed by atoms with Crippen molar-refractivity contribution in [1.29, 1.82) is 0 Å². The van der Waals surface area contributed by atoms with Gasteiger partial charge in [-0.3, -0.25) is 9.78 Å². The predicted octanol–water partition coefficient (Wildman–Crippen LogP) is 2.15. The van der Waals surface area contributed by atoms with Gasteiger partial charge in [-0.15, -0.1) is 0 Å². The molecule has 6 heteroatoms. The molecule has 1 saturated heterocycles. The first-order valence-corrected chi connectivity index (χ1v) is 7.76. The molecule has 0 saturated carbocycles. The van der Waals surface area contributed by atoms with Gasteiger partial charge >= 0.3 is 0 Å². The summed E-state index contributed by atoms with van der Waals surface area (Å²) in [7, 11) is 0. The molecule has 1 aliphatic heterocycles. The first-order chi connectivity index (χ1) is 11.2. The number of carbonyl (C=O) groups excluding carboxylic acids is 1. The van der Waals surface area contributed by atoms with E-state index in [0.717, 1.165) is 31.7 Å². The van der Waals surface area contributed by atoms with E-state index in [1.54, 1.807) is 36.8 Å². The molecule has 1 aromatic carbocycles. The van der Waals surface area contributed by atoms with Crippen LogP contribution in [0.4, 0.5) is 10.2 Å². The van der Waals surface area contributed by atoms with E-state index in [4.69, 9.17) is 0 Å². The molecule has 1 N–H and O–H groups in total. The van der Waals surface area contributed by atoms with E-state index in [2.05, 4.69) is 20.2 Å². The highest BCUT2D eigenvalue weighted by molar-refractivity contribution is 5.79. The molecule has 5 nitrogen and oxygen atoms in total.